The standard InChI is InChI=1S/C16H32N2/c1-5-14-8-6-7-9-16(14)18-11-15(12(2)3)17-10-13(18)4/h12-17H,5-11H2,1-4H3. The number of nitrogens with one attached hydrogen (secondary N) is 1. The van der Waals surface area contributed by atoms with Gasteiger partial charge in [-0.1, -0.05) is 40.0 Å². The van der Waals surface area contributed by atoms with Crippen molar-refractivity contribution < 1.29 is 0 Å². The molecule has 2 heteroatoms. The lowest BCUT2D eigenvalue weighted by atomic mass is 9.80. The molecule has 0 aromatic rings. The van der Waals surface area contributed by atoms with Crippen LogP contribution in [0.15, 0.2) is 0 Å². The van der Waals surface area contributed by atoms with Crippen molar-refractivity contribution in [2.24, 2.45) is 11.8 Å². The average molecular weight is 252 g/mol. The largest absolute Gasteiger partial charge is 0.311 e. The highest BCUT2D eigenvalue weighted by molar-refractivity contribution is 4.92. The first-order valence-corrected chi connectivity index (χ1v) is 8.12. The maximum Gasteiger partial charge on any atom is 0.0218 e. The molecule has 1 N–H and O–H groups in total. The van der Waals surface area contributed by atoms with Crippen LogP contribution in [-0.2, 0) is 0 Å². The van der Waals surface area contributed by atoms with E-state index in [1.807, 2.05) is 0 Å². The summed E-state index contributed by atoms with van der Waals surface area (Å²) in [5.41, 5.74) is 0. The summed E-state index contributed by atoms with van der Waals surface area (Å²) in [6.07, 6.45) is 7.18. The minimum Gasteiger partial charge on any atom is -0.311 e. The van der Waals surface area contributed by atoms with E-state index in [9.17, 15) is 0 Å². The predicted octanol–water partition coefficient (Wildman–Crippen LogP) is 3.27. The van der Waals surface area contributed by atoms with Crippen molar-refractivity contribution >= 4 is 0 Å². The van der Waals surface area contributed by atoms with E-state index in [0.29, 0.717) is 6.04 Å². The van der Waals surface area contributed by atoms with Crippen LogP contribution in [0.1, 0.15) is 59.8 Å². The predicted molar refractivity (Wildman–Crippen MR) is 78.8 cm³/mol. The van der Waals surface area contributed by atoms with Crippen molar-refractivity contribution in [1.82, 2.24) is 10.2 Å². The van der Waals surface area contributed by atoms with Crippen LogP contribution < -0.4 is 5.32 Å². The van der Waals surface area contributed by atoms with Crippen LogP contribution in [0.2, 0.25) is 0 Å². The summed E-state index contributed by atoms with van der Waals surface area (Å²) in [6.45, 7) is 11.9. The first-order valence-electron chi connectivity index (χ1n) is 8.12. The lowest BCUT2D eigenvalue weighted by Gasteiger charge is -2.48. The van der Waals surface area contributed by atoms with Gasteiger partial charge in [0.1, 0.15) is 0 Å². The van der Waals surface area contributed by atoms with Gasteiger partial charge in [0.25, 0.3) is 0 Å². The number of hydrogen-bond donors (Lipinski definition) is 1. The third-order valence-corrected chi connectivity index (χ3v) is 5.27. The molecule has 2 fully saturated rings. The average Bonchev–Trinajstić information content (AvgIpc) is 2.39. The number of nitrogens with zero attached hydrogens (tertiary/aromatic N) is 1. The minimum absolute atomic E-state index is 0.695. The molecule has 1 aliphatic heterocycles. The van der Waals surface area contributed by atoms with Crippen LogP contribution in [0.5, 0.6) is 0 Å². The van der Waals surface area contributed by atoms with E-state index in [2.05, 4.69) is 37.9 Å². The Bertz CT molecular complexity index is 251. The molecule has 0 amide bonds. The molecule has 0 spiro atoms. The van der Waals surface area contributed by atoms with Crippen LogP contribution in [0.3, 0.4) is 0 Å². The maximum absolute atomic E-state index is 3.73. The molecule has 4 unspecified atom stereocenters. The van der Waals surface area contributed by atoms with Gasteiger partial charge in [-0.3, -0.25) is 4.90 Å². The second-order valence-electron chi connectivity index (χ2n) is 6.82. The van der Waals surface area contributed by atoms with Gasteiger partial charge in [-0.05, 0) is 31.6 Å². The monoisotopic (exact) mass is 252 g/mol. The molecule has 0 aromatic heterocycles. The first kappa shape index (κ1) is 14.3. The number of hydrogen-bond acceptors (Lipinski definition) is 2. The molecule has 2 nitrogen and oxygen atoms in total. The Labute approximate surface area is 114 Å². The molecule has 106 valence electrons. The van der Waals surface area contributed by atoms with Gasteiger partial charge in [0.05, 0.1) is 0 Å². The molecule has 0 bridgehead atoms. The molecule has 1 aliphatic carbocycles. The molecule has 4 atom stereocenters. The Morgan fingerprint density at radius 3 is 2.61 bits per heavy atom. The first-order chi connectivity index (χ1) is 8.63. The van der Waals surface area contributed by atoms with Gasteiger partial charge >= 0.3 is 0 Å². The van der Waals surface area contributed by atoms with Gasteiger partial charge in [-0.25, -0.2) is 0 Å². The van der Waals surface area contributed by atoms with E-state index in [1.165, 1.54) is 45.2 Å². The molecule has 1 saturated carbocycles. The normalized spacial score (nSPS) is 39.2. The van der Waals surface area contributed by atoms with E-state index in [4.69, 9.17) is 0 Å². The van der Waals surface area contributed by atoms with Crippen LogP contribution >= 0.6 is 0 Å². The Balaban J connectivity index is 2.03. The van der Waals surface area contributed by atoms with Crippen molar-refractivity contribution in [1.29, 1.82) is 0 Å². The van der Waals surface area contributed by atoms with Crippen LogP contribution in [-0.4, -0.2) is 36.1 Å². The fourth-order valence-corrected chi connectivity index (χ4v) is 3.92. The fraction of sp³-hybridized carbons (Fsp3) is 1.00. The third-order valence-electron chi connectivity index (χ3n) is 5.27. The topological polar surface area (TPSA) is 15.3 Å². The van der Waals surface area contributed by atoms with Crippen LogP contribution in [0, 0.1) is 11.8 Å². The molecule has 0 radical (unpaired) electrons. The molecule has 1 saturated heterocycles. The summed E-state index contributed by atoms with van der Waals surface area (Å²) < 4.78 is 0. The zero-order valence-electron chi connectivity index (χ0n) is 12.8. The summed E-state index contributed by atoms with van der Waals surface area (Å²) in [6, 6.07) is 2.28. The quantitative estimate of drug-likeness (QED) is 0.829. The highest BCUT2D eigenvalue weighted by Gasteiger charge is 2.35. The van der Waals surface area contributed by atoms with E-state index < -0.39 is 0 Å². The van der Waals surface area contributed by atoms with E-state index >= 15 is 0 Å². The SMILES string of the molecule is CCC1CCCCC1N1CC(C(C)C)NCC1C. The lowest BCUT2D eigenvalue weighted by molar-refractivity contribution is 0.0284. The maximum atomic E-state index is 3.73. The van der Waals surface area contributed by atoms with Gasteiger partial charge < -0.3 is 5.32 Å². The summed E-state index contributed by atoms with van der Waals surface area (Å²) in [5, 5.41) is 3.73. The van der Waals surface area contributed by atoms with E-state index in [-0.39, 0.29) is 0 Å². The lowest BCUT2D eigenvalue weighted by Crippen LogP contribution is -2.61. The van der Waals surface area contributed by atoms with Gasteiger partial charge in [0.2, 0.25) is 0 Å². The minimum atomic E-state index is 0.695. The Hall–Kier alpha value is -0.0800. The molecular weight excluding hydrogens is 220 g/mol. The highest BCUT2D eigenvalue weighted by Crippen LogP contribution is 2.32. The van der Waals surface area contributed by atoms with Crippen molar-refractivity contribution in [2.45, 2.75) is 77.9 Å². The zero-order chi connectivity index (χ0) is 13.1. The Morgan fingerprint density at radius 1 is 1.22 bits per heavy atom. The van der Waals surface area contributed by atoms with Crippen LogP contribution in [0.25, 0.3) is 0 Å². The summed E-state index contributed by atoms with van der Waals surface area (Å²) in [4.78, 5) is 2.84. The summed E-state index contributed by atoms with van der Waals surface area (Å²) in [5.74, 6) is 1.70. The van der Waals surface area contributed by atoms with Crippen LogP contribution in [0.4, 0.5) is 0 Å². The second-order valence-corrected chi connectivity index (χ2v) is 6.82. The third kappa shape index (κ3) is 3.08. The molecule has 1 heterocycles. The summed E-state index contributed by atoms with van der Waals surface area (Å²) in [7, 11) is 0. The molecule has 18 heavy (non-hydrogen) atoms. The van der Waals surface area contributed by atoms with E-state index in [1.54, 1.807) is 0 Å². The van der Waals surface area contributed by atoms with Gasteiger partial charge in [0, 0.05) is 31.2 Å². The van der Waals surface area contributed by atoms with Gasteiger partial charge in [-0.15, -0.1) is 0 Å². The van der Waals surface area contributed by atoms with Gasteiger partial charge in [-0.2, -0.15) is 0 Å². The Morgan fingerprint density at radius 2 is 1.94 bits per heavy atom. The van der Waals surface area contributed by atoms with Crippen molar-refractivity contribution in [3.8, 4) is 0 Å². The molecular formula is C16H32N2. The van der Waals surface area contributed by atoms with Crippen molar-refractivity contribution in [3.05, 3.63) is 0 Å². The molecule has 2 aliphatic rings. The number of rotatable bonds is 3. The summed E-state index contributed by atoms with van der Waals surface area (Å²) >= 11 is 0. The highest BCUT2D eigenvalue weighted by atomic mass is 15.3. The Kier molecular flexibility index (Phi) is 5.08. The molecule has 2 rings (SSSR count). The van der Waals surface area contributed by atoms with Crippen molar-refractivity contribution in [2.75, 3.05) is 13.1 Å². The molecule has 0 aromatic carbocycles. The smallest absolute Gasteiger partial charge is 0.0218 e. The van der Waals surface area contributed by atoms with Crippen molar-refractivity contribution in [3.63, 3.8) is 0 Å². The van der Waals surface area contributed by atoms with Gasteiger partial charge in [0.15, 0.2) is 0 Å². The second kappa shape index (κ2) is 6.38. The fourth-order valence-electron chi connectivity index (χ4n) is 3.92. The van der Waals surface area contributed by atoms with E-state index in [0.717, 1.165) is 23.9 Å². The number of piperazine rings is 1. The zero-order valence-corrected chi connectivity index (χ0v) is 12.8.